The quantitative estimate of drug-likeness (QED) is 0.193. The summed E-state index contributed by atoms with van der Waals surface area (Å²) in [4.78, 5) is 15.7. The second kappa shape index (κ2) is 10.2. The highest BCUT2D eigenvalue weighted by Gasteiger charge is 2.54. The molecule has 0 saturated carbocycles. The molecule has 0 N–H and O–H groups in total. The number of furan rings is 1. The molecule has 0 aliphatic heterocycles. The Bertz CT molecular complexity index is 2720. The van der Waals surface area contributed by atoms with Crippen molar-refractivity contribution in [2.75, 3.05) is 0 Å². The molecule has 7 aromatic carbocycles. The summed E-state index contributed by atoms with van der Waals surface area (Å²) in [6, 6.07) is 57.6. The Morgan fingerprint density at radius 2 is 0.880 bits per heavy atom. The Hall–Kier alpha value is -6.65. The van der Waals surface area contributed by atoms with Gasteiger partial charge < -0.3 is 4.42 Å². The van der Waals surface area contributed by atoms with Crippen LogP contribution >= 0.6 is 0 Å². The van der Waals surface area contributed by atoms with E-state index in [4.69, 9.17) is 19.4 Å². The molecule has 0 saturated heterocycles. The molecule has 0 amide bonds. The lowest BCUT2D eigenvalue weighted by molar-refractivity contribution is 0.669. The van der Waals surface area contributed by atoms with Crippen molar-refractivity contribution < 1.29 is 4.42 Å². The molecule has 11 rings (SSSR count). The molecule has 2 heterocycles. The first-order chi connectivity index (χ1) is 24.8. The van der Waals surface area contributed by atoms with Gasteiger partial charge in [-0.25, -0.2) is 15.0 Å². The van der Waals surface area contributed by atoms with Crippen LogP contribution in [0.15, 0.2) is 168 Å². The van der Waals surface area contributed by atoms with Crippen LogP contribution < -0.4 is 0 Å². The fourth-order valence-corrected chi connectivity index (χ4v) is 8.57. The zero-order valence-electron chi connectivity index (χ0n) is 26.8. The molecule has 4 nitrogen and oxygen atoms in total. The fourth-order valence-electron chi connectivity index (χ4n) is 8.57. The number of aromatic nitrogens is 3. The molecule has 0 unspecified atom stereocenters. The third-order valence-corrected chi connectivity index (χ3v) is 10.5. The van der Waals surface area contributed by atoms with E-state index in [0.717, 1.165) is 49.8 Å². The van der Waals surface area contributed by atoms with Gasteiger partial charge in [0.25, 0.3) is 0 Å². The smallest absolute Gasteiger partial charge is 0.164 e. The molecule has 2 aromatic heterocycles. The average molecular weight is 638 g/mol. The number of para-hydroxylation sites is 1. The van der Waals surface area contributed by atoms with Crippen molar-refractivity contribution >= 4 is 21.9 Å². The predicted molar refractivity (Wildman–Crippen MR) is 200 cm³/mol. The molecule has 0 bridgehead atoms. The topological polar surface area (TPSA) is 51.8 Å². The van der Waals surface area contributed by atoms with Gasteiger partial charge in [-0.1, -0.05) is 152 Å². The molecule has 9 aromatic rings. The van der Waals surface area contributed by atoms with Gasteiger partial charge in [-0.2, -0.15) is 0 Å². The summed E-state index contributed by atoms with van der Waals surface area (Å²) in [5, 5.41) is 2.11. The maximum absolute atomic E-state index is 6.85. The van der Waals surface area contributed by atoms with Crippen molar-refractivity contribution in [2.24, 2.45) is 0 Å². The van der Waals surface area contributed by atoms with E-state index in [2.05, 4.69) is 121 Å². The summed E-state index contributed by atoms with van der Waals surface area (Å²) in [7, 11) is 0. The number of hydrogen-bond acceptors (Lipinski definition) is 4. The maximum Gasteiger partial charge on any atom is 0.164 e. The van der Waals surface area contributed by atoms with Gasteiger partial charge in [0.2, 0.25) is 0 Å². The standard InChI is InChI=1S/C46H27N3O/c1-3-15-28(16-4-1)43-47-44(29-17-5-2-6-18-29)49-45(48-43)35-27-34-32-21-10-14-26-39(32)50-42(34)40-33-22-9-13-25-38(33)46(41(35)40)36-23-11-7-19-30(36)31-20-8-12-24-37(31)46/h1-27H. The van der Waals surface area contributed by atoms with E-state index < -0.39 is 5.41 Å². The lowest BCUT2D eigenvalue weighted by Gasteiger charge is -2.32. The van der Waals surface area contributed by atoms with E-state index in [9.17, 15) is 0 Å². The van der Waals surface area contributed by atoms with E-state index in [1.165, 1.54) is 33.4 Å². The number of benzene rings is 7. The molecule has 2 aliphatic carbocycles. The van der Waals surface area contributed by atoms with E-state index in [-0.39, 0.29) is 0 Å². The normalized spacial score (nSPS) is 13.4. The fraction of sp³-hybridized carbons (Fsp3) is 0.0217. The summed E-state index contributed by atoms with van der Waals surface area (Å²) >= 11 is 0. The second-order valence-corrected chi connectivity index (χ2v) is 13.1. The summed E-state index contributed by atoms with van der Waals surface area (Å²) in [6.07, 6.45) is 0. The molecule has 50 heavy (non-hydrogen) atoms. The summed E-state index contributed by atoms with van der Waals surface area (Å²) in [5.41, 5.74) is 13.6. The molecule has 0 atom stereocenters. The Balaban J connectivity index is 1.35. The number of nitrogens with zero attached hydrogens (tertiary/aromatic N) is 3. The summed E-state index contributed by atoms with van der Waals surface area (Å²) < 4.78 is 6.85. The van der Waals surface area contributed by atoms with Gasteiger partial charge in [-0.15, -0.1) is 0 Å². The third-order valence-electron chi connectivity index (χ3n) is 10.5. The number of rotatable bonds is 3. The second-order valence-electron chi connectivity index (χ2n) is 13.1. The monoisotopic (exact) mass is 637 g/mol. The van der Waals surface area contributed by atoms with Crippen LogP contribution in [0.1, 0.15) is 22.3 Å². The van der Waals surface area contributed by atoms with E-state index in [1.807, 2.05) is 42.5 Å². The SMILES string of the molecule is c1ccc(-c2nc(-c3ccccc3)nc(-c3cc4c(oc5ccccc54)c4c3C3(c5ccccc5-c5ccccc53)c3ccccc3-4)n2)cc1. The van der Waals surface area contributed by atoms with E-state index in [0.29, 0.717) is 17.5 Å². The lowest BCUT2D eigenvalue weighted by Crippen LogP contribution is -2.27. The van der Waals surface area contributed by atoms with Crippen LogP contribution in [-0.2, 0) is 5.41 Å². The van der Waals surface area contributed by atoms with Crippen LogP contribution in [0.4, 0.5) is 0 Å². The highest BCUT2D eigenvalue weighted by atomic mass is 16.3. The van der Waals surface area contributed by atoms with Crippen LogP contribution in [0.2, 0.25) is 0 Å². The molecule has 232 valence electrons. The Morgan fingerprint density at radius 3 is 1.50 bits per heavy atom. The molecule has 0 radical (unpaired) electrons. The minimum absolute atomic E-state index is 0.617. The zero-order valence-corrected chi connectivity index (χ0v) is 26.8. The number of hydrogen-bond donors (Lipinski definition) is 0. The van der Waals surface area contributed by atoms with E-state index >= 15 is 0 Å². The van der Waals surface area contributed by atoms with Gasteiger partial charge in [0.05, 0.1) is 5.41 Å². The van der Waals surface area contributed by atoms with E-state index in [1.54, 1.807) is 0 Å². The molecule has 2 aliphatic rings. The molecule has 0 fully saturated rings. The highest BCUT2D eigenvalue weighted by Crippen LogP contribution is 2.65. The van der Waals surface area contributed by atoms with Crippen molar-refractivity contribution in [2.45, 2.75) is 5.41 Å². The first-order valence-electron chi connectivity index (χ1n) is 17.0. The minimum Gasteiger partial charge on any atom is -0.455 e. The van der Waals surface area contributed by atoms with Crippen molar-refractivity contribution in [3.63, 3.8) is 0 Å². The first kappa shape index (κ1) is 27.3. The minimum atomic E-state index is -0.617. The Kier molecular flexibility index (Phi) is 5.56. The van der Waals surface area contributed by atoms with Gasteiger partial charge in [0.1, 0.15) is 11.2 Å². The average Bonchev–Trinajstić information content (AvgIpc) is 3.82. The van der Waals surface area contributed by atoms with Crippen LogP contribution in [0.5, 0.6) is 0 Å². The number of fused-ring (bicyclic) bond motifs is 14. The molecule has 1 spiro atoms. The Labute approximate surface area is 288 Å². The van der Waals surface area contributed by atoms with Crippen molar-refractivity contribution in [1.82, 2.24) is 15.0 Å². The van der Waals surface area contributed by atoms with Crippen LogP contribution in [-0.4, -0.2) is 15.0 Å². The van der Waals surface area contributed by atoms with Gasteiger partial charge in [0.15, 0.2) is 17.5 Å². The molecular formula is C46H27N3O. The van der Waals surface area contributed by atoms with Crippen LogP contribution in [0.3, 0.4) is 0 Å². The first-order valence-corrected chi connectivity index (χ1v) is 17.0. The zero-order chi connectivity index (χ0) is 32.8. The van der Waals surface area contributed by atoms with Crippen molar-refractivity contribution in [1.29, 1.82) is 0 Å². The predicted octanol–water partition coefficient (Wildman–Crippen LogP) is 11.1. The maximum atomic E-state index is 6.85. The highest BCUT2D eigenvalue weighted by molar-refractivity contribution is 6.15. The molecular weight excluding hydrogens is 611 g/mol. The largest absolute Gasteiger partial charge is 0.455 e. The van der Waals surface area contributed by atoms with Crippen LogP contribution in [0, 0.1) is 0 Å². The summed E-state index contributed by atoms with van der Waals surface area (Å²) in [5.74, 6) is 1.91. The lowest BCUT2D eigenvalue weighted by atomic mass is 9.69. The van der Waals surface area contributed by atoms with Gasteiger partial charge in [-0.3, -0.25) is 0 Å². The third kappa shape index (κ3) is 3.57. The van der Waals surface area contributed by atoms with Crippen LogP contribution in [0.25, 0.3) is 78.4 Å². The summed E-state index contributed by atoms with van der Waals surface area (Å²) in [6.45, 7) is 0. The van der Waals surface area contributed by atoms with Gasteiger partial charge >= 0.3 is 0 Å². The molecule has 4 heteroatoms. The van der Waals surface area contributed by atoms with Crippen molar-refractivity contribution in [3.8, 4) is 56.4 Å². The Morgan fingerprint density at radius 1 is 0.400 bits per heavy atom. The van der Waals surface area contributed by atoms with Gasteiger partial charge in [0, 0.05) is 33.0 Å². The van der Waals surface area contributed by atoms with Crippen molar-refractivity contribution in [3.05, 3.63) is 186 Å². The van der Waals surface area contributed by atoms with Gasteiger partial charge in [-0.05, 0) is 51.1 Å².